The van der Waals surface area contributed by atoms with E-state index in [9.17, 15) is 9.59 Å². The molecular weight excluding hydrogens is 212 g/mol. The molecule has 0 spiro atoms. The molecule has 0 aromatic rings. The van der Waals surface area contributed by atoms with Crippen molar-refractivity contribution in [3.8, 4) is 0 Å². The second-order valence-corrected chi connectivity index (χ2v) is 2.91. The molecule has 0 saturated carbocycles. The fraction of sp³-hybridized carbons (Fsp3) is 0.455. The van der Waals surface area contributed by atoms with E-state index in [1.165, 1.54) is 0 Å². The molecule has 0 aromatic carbocycles. The van der Waals surface area contributed by atoms with Crippen LogP contribution in [-0.4, -0.2) is 36.9 Å². The van der Waals surface area contributed by atoms with Crippen LogP contribution in [0.5, 0.6) is 0 Å². The van der Waals surface area contributed by atoms with Gasteiger partial charge in [0, 0.05) is 18.8 Å². The average Bonchev–Trinajstić information content (AvgIpc) is 2.25. The van der Waals surface area contributed by atoms with Crippen molar-refractivity contribution in [2.24, 2.45) is 0 Å². The third-order valence-corrected chi connectivity index (χ3v) is 1.53. The minimum absolute atomic E-state index is 0.264. The highest BCUT2D eigenvalue weighted by molar-refractivity contribution is 5.90. The molecule has 0 aromatic heterocycles. The van der Waals surface area contributed by atoms with E-state index >= 15 is 0 Å². The van der Waals surface area contributed by atoms with Gasteiger partial charge in [0.1, 0.15) is 0 Å². The summed E-state index contributed by atoms with van der Waals surface area (Å²) in [4.78, 5) is 20.9. The Hall–Kier alpha value is -1.62. The van der Waals surface area contributed by atoms with Crippen LogP contribution in [0.15, 0.2) is 24.8 Å². The molecule has 0 amide bonds. The molecule has 0 rings (SSSR count). The summed E-state index contributed by atoms with van der Waals surface area (Å²) >= 11 is 0. The molecule has 16 heavy (non-hydrogen) atoms. The number of carboxylic acids is 1. The highest BCUT2D eigenvalue weighted by Crippen LogP contribution is 1.93. The maximum absolute atomic E-state index is 10.9. The van der Waals surface area contributed by atoms with Gasteiger partial charge in [-0.15, -0.1) is 6.58 Å². The topological polar surface area (TPSA) is 72.8 Å². The number of esters is 1. The van der Waals surface area contributed by atoms with Crippen molar-refractivity contribution < 1.29 is 24.2 Å². The number of aliphatic carboxylic acids is 1. The Morgan fingerprint density at radius 3 is 2.50 bits per heavy atom. The van der Waals surface area contributed by atoms with E-state index in [1.807, 2.05) is 0 Å². The number of carboxylic acid groups (broad SMARTS) is 1. The number of ether oxygens (including phenoxy) is 2. The molecule has 0 aliphatic rings. The van der Waals surface area contributed by atoms with Crippen LogP contribution in [0, 0.1) is 0 Å². The van der Waals surface area contributed by atoms with E-state index in [0.29, 0.717) is 19.6 Å². The van der Waals surface area contributed by atoms with Crippen LogP contribution in [0.4, 0.5) is 0 Å². The van der Waals surface area contributed by atoms with Crippen LogP contribution in [0.3, 0.4) is 0 Å². The lowest BCUT2D eigenvalue weighted by Gasteiger charge is -2.02. The molecule has 0 aliphatic carbocycles. The normalized spacial score (nSPS) is 10.2. The van der Waals surface area contributed by atoms with Gasteiger partial charge in [0.2, 0.25) is 0 Å². The molecule has 0 bridgehead atoms. The standard InChI is InChI=1S/C11H16O5/c1-2-7-15-8-3-4-9-16-11(14)6-5-10(12)13/h2,5-6H,1,3-4,7-9H2,(H,12,13). The summed E-state index contributed by atoms with van der Waals surface area (Å²) in [7, 11) is 0. The molecule has 0 saturated heterocycles. The number of rotatable bonds is 9. The lowest BCUT2D eigenvalue weighted by molar-refractivity contribution is -0.138. The van der Waals surface area contributed by atoms with Crippen molar-refractivity contribution in [3.05, 3.63) is 24.8 Å². The lowest BCUT2D eigenvalue weighted by Crippen LogP contribution is -2.04. The van der Waals surface area contributed by atoms with Gasteiger partial charge in [-0.2, -0.15) is 0 Å². The minimum Gasteiger partial charge on any atom is -0.478 e. The Labute approximate surface area is 94.4 Å². The average molecular weight is 228 g/mol. The Morgan fingerprint density at radius 2 is 1.88 bits per heavy atom. The fourth-order valence-electron chi connectivity index (χ4n) is 0.833. The molecule has 5 heteroatoms. The molecule has 0 atom stereocenters. The zero-order chi connectivity index (χ0) is 12.2. The SMILES string of the molecule is C=CCOCCCCOC(=O)C=CC(=O)O. The molecule has 5 nitrogen and oxygen atoms in total. The van der Waals surface area contributed by atoms with Gasteiger partial charge in [-0.3, -0.25) is 0 Å². The smallest absolute Gasteiger partial charge is 0.331 e. The molecule has 0 heterocycles. The maximum atomic E-state index is 10.9. The van der Waals surface area contributed by atoms with E-state index in [2.05, 4.69) is 6.58 Å². The summed E-state index contributed by atoms with van der Waals surface area (Å²) < 4.78 is 9.85. The third kappa shape index (κ3) is 10.5. The quantitative estimate of drug-likeness (QED) is 0.277. The first-order valence-electron chi connectivity index (χ1n) is 4.93. The Kier molecular flexibility index (Phi) is 8.91. The third-order valence-electron chi connectivity index (χ3n) is 1.53. The van der Waals surface area contributed by atoms with Crippen molar-refractivity contribution in [1.29, 1.82) is 0 Å². The van der Waals surface area contributed by atoms with Gasteiger partial charge in [-0.25, -0.2) is 9.59 Å². The number of unbranched alkanes of at least 4 members (excludes halogenated alkanes) is 1. The fourth-order valence-corrected chi connectivity index (χ4v) is 0.833. The summed E-state index contributed by atoms with van der Waals surface area (Å²) in [5.74, 6) is -1.82. The molecule has 90 valence electrons. The molecule has 1 N–H and O–H groups in total. The van der Waals surface area contributed by atoms with Crippen molar-refractivity contribution in [2.75, 3.05) is 19.8 Å². The van der Waals surface area contributed by atoms with Gasteiger partial charge in [-0.1, -0.05) is 6.08 Å². The van der Waals surface area contributed by atoms with Crippen LogP contribution in [-0.2, 0) is 19.1 Å². The second kappa shape index (κ2) is 9.92. The van der Waals surface area contributed by atoms with Gasteiger partial charge >= 0.3 is 11.9 Å². The first-order chi connectivity index (χ1) is 7.66. The van der Waals surface area contributed by atoms with Gasteiger partial charge < -0.3 is 14.6 Å². The van der Waals surface area contributed by atoms with Crippen LogP contribution in [0.1, 0.15) is 12.8 Å². The van der Waals surface area contributed by atoms with Gasteiger partial charge in [-0.05, 0) is 12.8 Å². The summed E-state index contributed by atoms with van der Waals surface area (Å²) in [6.07, 6.45) is 4.76. The summed E-state index contributed by atoms with van der Waals surface area (Å²) in [6, 6.07) is 0. The monoisotopic (exact) mass is 228 g/mol. The number of hydrogen-bond donors (Lipinski definition) is 1. The highest BCUT2D eigenvalue weighted by atomic mass is 16.5. The van der Waals surface area contributed by atoms with Gasteiger partial charge in [0.05, 0.1) is 13.2 Å². The van der Waals surface area contributed by atoms with Crippen molar-refractivity contribution in [1.82, 2.24) is 0 Å². The molecule has 0 fully saturated rings. The van der Waals surface area contributed by atoms with Gasteiger partial charge in [0.15, 0.2) is 0 Å². The van der Waals surface area contributed by atoms with Crippen LogP contribution in [0.25, 0.3) is 0 Å². The zero-order valence-electron chi connectivity index (χ0n) is 9.05. The summed E-state index contributed by atoms with van der Waals surface area (Å²) in [6.45, 7) is 4.87. The number of carbonyl (C=O) groups excluding carboxylic acids is 1. The van der Waals surface area contributed by atoms with Crippen LogP contribution >= 0.6 is 0 Å². The zero-order valence-corrected chi connectivity index (χ0v) is 9.05. The first kappa shape index (κ1) is 14.4. The Balaban J connectivity index is 3.34. The van der Waals surface area contributed by atoms with Crippen molar-refractivity contribution in [2.45, 2.75) is 12.8 Å². The predicted octanol–water partition coefficient (Wildman–Crippen LogP) is 1.15. The van der Waals surface area contributed by atoms with E-state index < -0.39 is 11.9 Å². The highest BCUT2D eigenvalue weighted by Gasteiger charge is 1.97. The van der Waals surface area contributed by atoms with E-state index in [4.69, 9.17) is 14.6 Å². The van der Waals surface area contributed by atoms with E-state index in [0.717, 1.165) is 18.6 Å². The number of carbonyl (C=O) groups is 2. The predicted molar refractivity (Wildman–Crippen MR) is 58.0 cm³/mol. The largest absolute Gasteiger partial charge is 0.478 e. The van der Waals surface area contributed by atoms with Crippen molar-refractivity contribution in [3.63, 3.8) is 0 Å². The first-order valence-corrected chi connectivity index (χ1v) is 4.93. The maximum Gasteiger partial charge on any atom is 0.331 e. The molecule has 0 radical (unpaired) electrons. The molecule has 0 unspecified atom stereocenters. The van der Waals surface area contributed by atoms with Crippen molar-refractivity contribution >= 4 is 11.9 Å². The van der Waals surface area contributed by atoms with Gasteiger partial charge in [0.25, 0.3) is 0 Å². The van der Waals surface area contributed by atoms with E-state index in [1.54, 1.807) is 6.08 Å². The Morgan fingerprint density at radius 1 is 1.19 bits per heavy atom. The van der Waals surface area contributed by atoms with E-state index in [-0.39, 0.29) is 6.61 Å². The summed E-state index contributed by atoms with van der Waals surface area (Å²) in [5, 5.41) is 8.24. The second-order valence-electron chi connectivity index (χ2n) is 2.91. The van der Waals surface area contributed by atoms with Crippen LogP contribution < -0.4 is 0 Å². The molecular formula is C11H16O5. The Bertz CT molecular complexity index is 257. The summed E-state index contributed by atoms with van der Waals surface area (Å²) in [5.41, 5.74) is 0. The lowest BCUT2D eigenvalue weighted by atomic mass is 10.3. The minimum atomic E-state index is -1.17. The van der Waals surface area contributed by atoms with Crippen LogP contribution in [0.2, 0.25) is 0 Å². The molecule has 0 aliphatic heterocycles. The number of hydrogen-bond acceptors (Lipinski definition) is 4.